The summed E-state index contributed by atoms with van der Waals surface area (Å²) in [6, 6.07) is 18.0. The summed E-state index contributed by atoms with van der Waals surface area (Å²) in [5, 5.41) is 6.61. The molecule has 1 aliphatic rings. The van der Waals surface area contributed by atoms with Crippen molar-refractivity contribution in [1.82, 2.24) is 15.6 Å². The highest BCUT2D eigenvalue weighted by Gasteiger charge is 2.22. The van der Waals surface area contributed by atoms with E-state index in [4.69, 9.17) is 14.1 Å². The molecule has 1 aliphatic carbocycles. The van der Waals surface area contributed by atoms with Crippen LogP contribution in [0.3, 0.4) is 0 Å². The maximum absolute atomic E-state index is 5.99. The highest BCUT2D eigenvalue weighted by molar-refractivity contribution is 14.0. The average Bonchev–Trinajstić information content (AvgIpc) is 3.50. The zero-order valence-corrected chi connectivity index (χ0v) is 20.0. The first kappa shape index (κ1) is 23.1. The van der Waals surface area contributed by atoms with Crippen LogP contribution in [0.5, 0.6) is 5.75 Å². The predicted octanol–water partition coefficient (Wildman–Crippen LogP) is 5.00. The van der Waals surface area contributed by atoms with Crippen molar-refractivity contribution in [3.8, 4) is 17.2 Å². The first-order valence-corrected chi connectivity index (χ1v) is 10.5. The molecule has 2 aromatic carbocycles. The van der Waals surface area contributed by atoms with Crippen LogP contribution in [-0.4, -0.2) is 24.1 Å². The first-order valence-electron chi connectivity index (χ1n) is 10.5. The number of aromatic nitrogens is 1. The monoisotopic (exact) mass is 532 g/mol. The fourth-order valence-corrected chi connectivity index (χ4v) is 3.05. The van der Waals surface area contributed by atoms with E-state index in [9.17, 15) is 0 Å². The van der Waals surface area contributed by atoms with Crippen molar-refractivity contribution in [2.75, 3.05) is 13.2 Å². The molecule has 4 rings (SSSR count). The number of oxazole rings is 1. The zero-order chi connectivity index (χ0) is 20.6. The summed E-state index contributed by atoms with van der Waals surface area (Å²) in [5.74, 6) is 3.01. The van der Waals surface area contributed by atoms with Gasteiger partial charge in [0.05, 0.1) is 25.4 Å². The minimum atomic E-state index is 0. The van der Waals surface area contributed by atoms with Gasteiger partial charge in [0.1, 0.15) is 12.0 Å². The Labute approximate surface area is 200 Å². The van der Waals surface area contributed by atoms with Gasteiger partial charge in [-0.2, -0.15) is 0 Å². The SMILES string of the molecule is CCNC(=NCc1ccccc1OCC1CC1)NCc1coc(-c2ccccc2)n1.I. The highest BCUT2D eigenvalue weighted by atomic mass is 127. The Hall–Kier alpha value is -2.55. The van der Waals surface area contributed by atoms with Gasteiger partial charge in [0.15, 0.2) is 5.96 Å². The fraction of sp³-hybridized carbons (Fsp3) is 0.333. The van der Waals surface area contributed by atoms with Crippen LogP contribution in [0.4, 0.5) is 0 Å². The lowest BCUT2D eigenvalue weighted by molar-refractivity contribution is 0.297. The molecule has 2 N–H and O–H groups in total. The number of ether oxygens (including phenoxy) is 1. The number of hydrogen-bond donors (Lipinski definition) is 2. The molecule has 0 atom stereocenters. The molecule has 1 aromatic heterocycles. The molecule has 1 saturated carbocycles. The molecule has 0 bridgehead atoms. The lowest BCUT2D eigenvalue weighted by atomic mass is 10.2. The number of nitrogens with one attached hydrogen (secondary N) is 2. The van der Waals surface area contributed by atoms with Crippen LogP contribution in [-0.2, 0) is 13.1 Å². The van der Waals surface area contributed by atoms with Crippen molar-refractivity contribution >= 4 is 29.9 Å². The smallest absolute Gasteiger partial charge is 0.226 e. The molecule has 7 heteroatoms. The van der Waals surface area contributed by atoms with E-state index in [1.165, 1.54) is 12.8 Å². The van der Waals surface area contributed by atoms with Crippen LogP contribution >= 0.6 is 24.0 Å². The van der Waals surface area contributed by atoms with Crippen molar-refractivity contribution in [3.05, 3.63) is 72.1 Å². The van der Waals surface area contributed by atoms with E-state index in [0.717, 1.165) is 47.6 Å². The lowest BCUT2D eigenvalue weighted by Gasteiger charge is -2.12. The van der Waals surface area contributed by atoms with E-state index in [1.54, 1.807) is 6.26 Å². The molecule has 3 aromatic rings. The van der Waals surface area contributed by atoms with Gasteiger partial charge in [-0.15, -0.1) is 24.0 Å². The van der Waals surface area contributed by atoms with E-state index in [1.807, 2.05) is 55.5 Å². The molecule has 6 nitrogen and oxygen atoms in total. The molecule has 164 valence electrons. The summed E-state index contributed by atoms with van der Waals surface area (Å²) in [5.41, 5.74) is 2.88. The second kappa shape index (κ2) is 11.7. The highest BCUT2D eigenvalue weighted by Crippen LogP contribution is 2.30. The normalized spacial score (nSPS) is 13.4. The predicted molar refractivity (Wildman–Crippen MR) is 134 cm³/mol. The average molecular weight is 532 g/mol. The van der Waals surface area contributed by atoms with E-state index >= 15 is 0 Å². The van der Waals surface area contributed by atoms with E-state index in [0.29, 0.717) is 19.0 Å². The Kier molecular flexibility index (Phi) is 8.75. The maximum atomic E-state index is 5.99. The molecule has 0 saturated heterocycles. The molecular weight excluding hydrogens is 503 g/mol. The molecule has 0 amide bonds. The molecule has 0 radical (unpaired) electrons. The van der Waals surface area contributed by atoms with Crippen molar-refractivity contribution in [3.63, 3.8) is 0 Å². The number of nitrogens with zero attached hydrogens (tertiary/aromatic N) is 2. The lowest BCUT2D eigenvalue weighted by Crippen LogP contribution is -2.36. The van der Waals surface area contributed by atoms with Crippen molar-refractivity contribution < 1.29 is 9.15 Å². The summed E-state index contributed by atoms with van der Waals surface area (Å²) in [7, 11) is 0. The number of halogens is 1. The minimum Gasteiger partial charge on any atom is -0.493 e. The Morgan fingerprint density at radius 1 is 1.10 bits per heavy atom. The number of benzene rings is 2. The molecule has 31 heavy (non-hydrogen) atoms. The number of para-hydroxylation sites is 1. The van der Waals surface area contributed by atoms with Gasteiger partial charge in [-0.05, 0) is 43.9 Å². The Morgan fingerprint density at radius 2 is 1.87 bits per heavy atom. The quantitative estimate of drug-likeness (QED) is 0.231. The largest absolute Gasteiger partial charge is 0.493 e. The molecule has 1 fully saturated rings. The Balaban J connectivity index is 0.00000272. The molecule has 0 spiro atoms. The third-order valence-corrected chi connectivity index (χ3v) is 4.91. The summed E-state index contributed by atoms with van der Waals surface area (Å²) < 4.78 is 11.6. The minimum absolute atomic E-state index is 0. The second-order valence-corrected chi connectivity index (χ2v) is 7.42. The van der Waals surface area contributed by atoms with E-state index in [-0.39, 0.29) is 24.0 Å². The van der Waals surface area contributed by atoms with Gasteiger partial charge < -0.3 is 19.8 Å². The van der Waals surface area contributed by atoms with Gasteiger partial charge in [-0.25, -0.2) is 9.98 Å². The van der Waals surface area contributed by atoms with Crippen LogP contribution in [0.1, 0.15) is 31.0 Å². The summed E-state index contributed by atoms with van der Waals surface area (Å²) in [4.78, 5) is 9.28. The van der Waals surface area contributed by atoms with Gasteiger partial charge in [0, 0.05) is 17.7 Å². The van der Waals surface area contributed by atoms with Crippen molar-refractivity contribution in [2.24, 2.45) is 10.9 Å². The molecule has 1 heterocycles. The molecule has 0 aliphatic heterocycles. The Morgan fingerprint density at radius 3 is 2.65 bits per heavy atom. The molecule has 0 unspecified atom stereocenters. The van der Waals surface area contributed by atoms with Crippen LogP contribution in [0, 0.1) is 5.92 Å². The van der Waals surface area contributed by atoms with Crippen LogP contribution in [0.2, 0.25) is 0 Å². The Bertz CT molecular complexity index is 970. The van der Waals surface area contributed by atoms with Crippen molar-refractivity contribution in [1.29, 1.82) is 0 Å². The van der Waals surface area contributed by atoms with Gasteiger partial charge in [0.25, 0.3) is 0 Å². The third kappa shape index (κ3) is 6.99. The summed E-state index contributed by atoms with van der Waals surface area (Å²) in [6.45, 7) is 4.70. The standard InChI is InChI=1S/C24H28N4O2.HI/c1-2-25-24(26-14-20-10-6-7-11-22(20)29-16-18-12-13-18)27-15-21-17-30-23(28-21)19-8-4-3-5-9-19;/h3-11,17-18H,2,12-16H2,1H3,(H2,25,26,27);1H. The topological polar surface area (TPSA) is 71.7 Å². The zero-order valence-electron chi connectivity index (χ0n) is 17.7. The third-order valence-electron chi connectivity index (χ3n) is 4.91. The number of aliphatic imine (C=N–C) groups is 1. The second-order valence-electron chi connectivity index (χ2n) is 7.42. The van der Waals surface area contributed by atoms with Gasteiger partial charge >= 0.3 is 0 Å². The maximum Gasteiger partial charge on any atom is 0.226 e. The summed E-state index contributed by atoms with van der Waals surface area (Å²) in [6.07, 6.45) is 4.24. The summed E-state index contributed by atoms with van der Waals surface area (Å²) >= 11 is 0. The van der Waals surface area contributed by atoms with E-state index in [2.05, 4.69) is 21.7 Å². The van der Waals surface area contributed by atoms with E-state index < -0.39 is 0 Å². The van der Waals surface area contributed by atoms with Gasteiger partial charge in [-0.3, -0.25) is 0 Å². The first-order chi connectivity index (χ1) is 14.8. The fourth-order valence-electron chi connectivity index (χ4n) is 3.05. The van der Waals surface area contributed by atoms with Gasteiger partial charge in [-0.1, -0.05) is 36.4 Å². The van der Waals surface area contributed by atoms with Crippen molar-refractivity contribution in [2.45, 2.75) is 32.9 Å². The number of rotatable bonds is 9. The van der Waals surface area contributed by atoms with Gasteiger partial charge in [0.2, 0.25) is 5.89 Å². The number of guanidine groups is 1. The van der Waals surface area contributed by atoms with Crippen LogP contribution in [0.15, 0.2) is 70.3 Å². The van der Waals surface area contributed by atoms with Crippen LogP contribution < -0.4 is 15.4 Å². The van der Waals surface area contributed by atoms with Crippen LogP contribution in [0.25, 0.3) is 11.5 Å². The molecular formula is C24H29IN4O2. The number of hydrogen-bond acceptors (Lipinski definition) is 4.